The van der Waals surface area contributed by atoms with Crippen molar-refractivity contribution in [3.8, 4) is 0 Å². The molecule has 2 heterocycles. The van der Waals surface area contributed by atoms with Gasteiger partial charge < -0.3 is 19.8 Å². The summed E-state index contributed by atoms with van der Waals surface area (Å²) in [5, 5.41) is 0. The van der Waals surface area contributed by atoms with Crippen LogP contribution in [-0.4, -0.2) is 67.7 Å². The minimum atomic E-state index is -0.0778. The Hall–Kier alpha value is -2.64. The average molecular weight is 443 g/mol. The van der Waals surface area contributed by atoms with Gasteiger partial charge >= 0.3 is 0 Å². The van der Waals surface area contributed by atoms with Crippen molar-refractivity contribution in [1.29, 1.82) is 0 Å². The van der Waals surface area contributed by atoms with Gasteiger partial charge in [-0.3, -0.25) is 9.59 Å². The van der Waals surface area contributed by atoms with E-state index in [0.717, 1.165) is 50.2 Å². The molecule has 2 unspecified atom stereocenters. The molecule has 1 saturated carbocycles. The first-order chi connectivity index (χ1) is 15.2. The number of imidazole rings is 2. The third kappa shape index (κ3) is 5.58. The van der Waals surface area contributed by atoms with Gasteiger partial charge in [-0.05, 0) is 24.7 Å². The van der Waals surface area contributed by atoms with Gasteiger partial charge in [0.1, 0.15) is 23.0 Å². The predicted molar refractivity (Wildman–Crippen MR) is 124 cm³/mol. The molecule has 0 spiro atoms. The monoisotopic (exact) mass is 442 g/mol. The van der Waals surface area contributed by atoms with Crippen LogP contribution >= 0.6 is 0 Å². The molecule has 0 aliphatic heterocycles. The Morgan fingerprint density at radius 3 is 1.56 bits per heavy atom. The van der Waals surface area contributed by atoms with E-state index in [0.29, 0.717) is 23.2 Å². The second-order valence-electron chi connectivity index (χ2n) is 9.93. The minimum absolute atomic E-state index is 0.0416. The molecule has 0 saturated heterocycles. The average Bonchev–Trinajstić information content (AvgIpc) is 3.40. The fourth-order valence-electron chi connectivity index (χ4n) is 4.60. The van der Waals surface area contributed by atoms with Gasteiger partial charge in [0, 0.05) is 26.9 Å². The number of aromatic nitrogens is 4. The van der Waals surface area contributed by atoms with Gasteiger partial charge in [-0.15, -0.1) is 0 Å². The highest BCUT2D eigenvalue weighted by Gasteiger charge is 2.36. The molecular weight excluding hydrogens is 404 g/mol. The third-order valence-electron chi connectivity index (χ3n) is 6.25. The molecule has 2 atom stereocenters. The van der Waals surface area contributed by atoms with Gasteiger partial charge in [0.2, 0.25) is 0 Å². The van der Waals surface area contributed by atoms with Crippen molar-refractivity contribution in [2.45, 2.75) is 78.3 Å². The Morgan fingerprint density at radius 2 is 1.22 bits per heavy atom. The van der Waals surface area contributed by atoms with Crippen LogP contribution in [0.3, 0.4) is 0 Å². The zero-order valence-corrected chi connectivity index (χ0v) is 20.3. The summed E-state index contributed by atoms with van der Waals surface area (Å²) in [7, 11) is 3.67. The molecule has 0 bridgehead atoms. The maximum absolute atomic E-state index is 13.2. The predicted octanol–water partition coefficient (Wildman–Crippen LogP) is 3.69. The standard InChI is InChI=1S/C24H38N6O2/c1-15(2)11-21-25-13-17(27-21)23(31)29(5)19-9-7-8-10-20(19)30(6)24(32)18-14-26-22(28-18)12-16(3)4/h13-16,19-20H,7-12H2,1-6H3,(H,25,27)(H,26,28). The number of likely N-dealkylation sites (N-methyl/N-ethyl adjacent to an activating group) is 2. The largest absolute Gasteiger partial charge is 0.338 e. The van der Waals surface area contributed by atoms with E-state index >= 15 is 0 Å². The molecular formula is C24H38N6O2. The quantitative estimate of drug-likeness (QED) is 0.651. The van der Waals surface area contributed by atoms with Gasteiger partial charge in [-0.2, -0.15) is 0 Å². The highest BCUT2D eigenvalue weighted by Crippen LogP contribution is 2.28. The second kappa shape index (κ2) is 10.3. The molecule has 0 radical (unpaired) electrons. The van der Waals surface area contributed by atoms with Gasteiger partial charge in [-0.1, -0.05) is 40.5 Å². The van der Waals surface area contributed by atoms with Crippen LogP contribution in [0, 0.1) is 11.8 Å². The Labute approximate surface area is 191 Å². The van der Waals surface area contributed by atoms with Gasteiger partial charge in [0.15, 0.2) is 0 Å². The molecule has 8 nitrogen and oxygen atoms in total. The van der Waals surface area contributed by atoms with Crippen LogP contribution in [0.5, 0.6) is 0 Å². The van der Waals surface area contributed by atoms with Crippen LogP contribution in [0.15, 0.2) is 12.4 Å². The molecule has 2 amide bonds. The molecule has 1 aliphatic rings. The zero-order valence-electron chi connectivity index (χ0n) is 20.3. The van der Waals surface area contributed by atoms with Crippen molar-refractivity contribution in [1.82, 2.24) is 29.7 Å². The number of carbonyl (C=O) groups is 2. The number of nitrogens with one attached hydrogen (secondary N) is 2. The molecule has 32 heavy (non-hydrogen) atoms. The van der Waals surface area contributed by atoms with E-state index in [-0.39, 0.29) is 23.9 Å². The molecule has 3 rings (SSSR count). The van der Waals surface area contributed by atoms with Crippen LogP contribution in [0.25, 0.3) is 0 Å². The molecule has 8 heteroatoms. The summed E-state index contributed by atoms with van der Waals surface area (Å²) in [5.41, 5.74) is 1.02. The number of rotatable bonds is 8. The first-order valence-electron chi connectivity index (χ1n) is 11.8. The highest BCUT2D eigenvalue weighted by atomic mass is 16.2. The Bertz CT molecular complexity index is 841. The summed E-state index contributed by atoms with van der Waals surface area (Å²) in [6.07, 6.45) is 8.72. The topological polar surface area (TPSA) is 98.0 Å². The summed E-state index contributed by atoms with van der Waals surface area (Å²) >= 11 is 0. The lowest BCUT2D eigenvalue weighted by molar-refractivity contribution is 0.0415. The van der Waals surface area contributed by atoms with Gasteiger partial charge in [0.05, 0.1) is 24.5 Å². The van der Waals surface area contributed by atoms with E-state index in [9.17, 15) is 9.59 Å². The molecule has 1 aliphatic carbocycles. The molecule has 2 aromatic heterocycles. The molecule has 0 aromatic carbocycles. The van der Waals surface area contributed by atoms with E-state index in [1.54, 1.807) is 22.2 Å². The van der Waals surface area contributed by atoms with Crippen molar-refractivity contribution < 1.29 is 9.59 Å². The number of amides is 2. The fraction of sp³-hybridized carbons (Fsp3) is 0.667. The number of carbonyl (C=O) groups excluding carboxylic acids is 2. The van der Waals surface area contributed by atoms with Crippen LogP contribution in [0.1, 0.15) is 86.0 Å². The van der Waals surface area contributed by atoms with Crippen LogP contribution in [0.4, 0.5) is 0 Å². The third-order valence-corrected chi connectivity index (χ3v) is 6.25. The maximum Gasteiger partial charge on any atom is 0.271 e. The normalized spacial score (nSPS) is 18.9. The lowest BCUT2D eigenvalue weighted by Crippen LogP contribution is -2.54. The number of hydrogen-bond acceptors (Lipinski definition) is 4. The number of aromatic amines is 2. The highest BCUT2D eigenvalue weighted by molar-refractivity contribution is 5.93. The summed E-state index contributed by atoms with van der Waals surface area (Å²) in [6, 6.07) is -0.0831. The minimum Gasteiger partial charge on any atom is -0.338 e. The van der Waals surface area contributed by atoms with Crippen molar-refractivity contribution in [3.63, 3.8) is 0 Å². The van der Waals surface area contributed by atoms with Crippen molar-refractivity contribution >= 4 is 11.8 Å². The van der Waals surface area contributed by atoms with E-state index < -0.39 is 0 Å². The first-order valence-corrected chi connectivity index (χ1v) is 11.8. The van der Waals surface area contributed by atoms with Gasteiger partial charge in [0.25, 0.3) is 11.8 Å². The van der Waals surface area contributed by atoms with Crippen LogP contribution in [0.2, 0.25) is 0 Å². The molecule has 2 N–H and O–H groups in total. The van der Waals surface area contributed by atoms with E-state index in [2.05, 4.69) is 47.6 Å². The van der Waals surface area contributed by atoms with Crippen molar-refractivity contribution in [3.05, 3.63) is 35.4 Å². The smallest absolute Gasteiger partial charge is 0.271 e. The summed E-state index contributed by atoms with van der Waals surface area (Å²) in [4.78, 5) is 45.1. The van der Waals surface area contributed by atoms with Crippen molar-refractivity contribution in [2.24, 2.45) is 11.8 Å². The lowest BCUT2D eigenvalue weighted by Gasteiger charge is -2.42. The van der Waals surface area contributed by atoms with Crippen LogP contribution < -0.4 is 0 Å². The van der Waals surface area contributed by atoms with E-state index in [1.165, 1.54) is 0 Å². The lowest BCUT2D eigenvalue weighted by atomic mass is 9.88. The van der Waals surface area contributed by atoms with Crippen LogP contribution in [-0.2, 0) is 12.8 Å². The summed E-state index contributed by atoms with van der Waals surface area (Å²) in [5.74, 6) is 2.44. The zero-order chi connectivity index (χ0) is 23.4. The molecule has 2 aromatic rings. The fourth-order valence-corrected chi connectivity index (χ4v) is 4.60. The number of H-pyrrole nitrogens is 2. The second-order valence-corrected chi connectivity index (χ2v) is 9.93. The number of hydrogen-bond donors (Lipinski definition) is 2. The number of nitrogens with zero attached hydrogens (tertiary/aromatic N) is 4. The van der Waals surface area contributed by atoms with E-state index in [4.69, 9.17) is 0 Å². The molecule has 176 valence electrons. The summed E-state index contributed by atoms with van der Waals surface area (Å²) < 4.78 is 0. The van der Waals surface area contributed by atoms with E-state index in [1.807, 2.05) is 14.1 Å². The molecule has 1 fully saturated rings. The van der Waals surface area contributed by atoms with Gasteiger partial charge in [-0.25, -0.2) is 9.97 Å². The first kappa shape index (κ1) is 24.0. The summed E-state index contributed by atoms with van der Waals surface area (Å²) in [6.45, 7) is 8.50. The Morgan fingerprint density at radius 1 is 0.844 bits per heavy atom. The Balaban J connectivity index is 1.72. The SMILES string of the molecule is CC(C)Cc1ncc(C(=O)N(C)C2CCCCC2N(C)C(=O)c2cnc(CC(C)C)[nH]2)[nH]1. The van der Waals surface area contributed by atoms with Crippen molar-refractivity contribution in [2.75, 3.05) is 14.1 Å². The maximum atomic E-state index is 13.2. The Kier molecular flexibility index (Phi) is 7.74.